The Morgan fingerprint density at radius 3 is 2.11 bits per heavy atom. The third-order valence-corrected chi connectivity index (χ3v) is 3.05. The van der Waals surface area contributed by atoms with Crippen LogP contribution in [0.5, 0.6) is 0 Å². The van der Waals surface area contributed by atoms with Crippen molar-refractivity contribution in [2.24, 2.45) is 0 Å². The molecule has 0 aliphatic rings. The van der Waals surface area contributed by atoms with Crippen LogP contribution in [-0.4, -0.2) is 24.3 Å². The quantitative estimate of drug-likeness (QED) is 0.771. The number of halogens is 2. The summed E-state index contributed by atoms with van der Waals surface area (Å²) in [6.45, 7) is 3.95. The lowest BCUT2D eigenvalue weighted by Gasteiger charge is -2.32. The summed E-state index contributed by atoms with van der Waals surface area (Å²) in [6.07, 6.45) is 1.50. The van der Waals surface area contributed by atoms with E-state index in [4.69, 9.17) is 10.8 Å². The van der Waals surface area contributed by atoms with Gasteiger partial charge in [-0.15, -0.1) is 0 Å². The second-order valence-electron chi connectivity index (χ2n) is 4.22. The van der Waals surface area contributed by atoms with Gasteiger partial charge in [0.05, 0.1) is 6.61 Å². The third kappa shape index (κ3) is 3.10. The summed E-state index contributed by atoms with van der Waals surface area (Å²) in [7, 11) is 0. The van der Waals surface area contributed by atoms with E-state index in [1.807, 2.05) is 13.8 Å². The number of hydrogen-bond acceptors (Lipinski definition) is 3. The molecule has 3 N–H and O–H groups in total. The Kier molecular flexibility index (Phi) is 5.34. The highest BCUT2D eigenvalue weighted by molar-refractivity contribution is 5.56. The lowest BCUT2D eigenvalue weighted by Crippen LogP contribution is -2.38. The number of nitrogens with two attached hydrogens (primary N) is 1. The van der Waals surface area contributed by atoms with Crippen LogP contribution in [0.4, 0.5) is 20.2 Å². The average molecular weight is 258 g/mol. The second kappa shape index (κ2) is 6.54. The van der Waals surface area contributed by atoms with Crippen LogP contribution in [0.25, 0.3) is 0 Å². The standard InChI is InChI=1S/C13H20F2N2O/c1-3-10(4-2)17(5-6-18)13-11(14)7-9(16)8-12(13)15/h7-8,10,18H,3-6,16H2,1-2H3. The minimum absolute atomic E-state index is 0.00947. The molecule has 5 heteroatoms. The molecule has 18 heavy (non-hydrogen) atoms. The first-order valence-electron chi connectivity index (χ1n) is 6.17. The minimum atomic E-state index is -0.687. The molecule has 0 aromatic heterocycles. The van der Waals surface area contributed by atoms with Gasteiger partial charge in [0.1, 0.15) is 5.69 Å². The molecule has 3 nitrogen and oxygen atoms in total. The highest BCUT2D eigenvalue weighted by Crippen LogP contribution is 2.28. The summed E-state index contributed by atoms with van der Waals surface area (Å²) in [4.78, 5) is 1.57. The van der Waals surface area contributed by atoms with Gasteiger partial charge >= 0.3 is 0 Å². The fourth-order valence-electron chi connectivity index (χ4n) is 2.17. The molecule has 1 aromatic carbocycles. The average Bonchev–Trinajstić information content (AvgIpc) is 2.29. The number of nitrogen functional groups attached to an aromatic ring is 1. The lowest BCUT2D eigenvalue weighted by atomic mass is 10.1. The van der Waals surface area contributed by atoms with Crippen LogP contribution in [0, 0.1) is 11.6 Å². The molecule has 1 rings (SSSR count). The fourth-order valence-corrected chi connectivity index (χ4v) is 2.17. The first-order chi connectivity index (χ1) is 8.54. The van der Waals surface area contributed by atoms with E-state index < -0.39 is 11.6 Å². The smallest absolute Gasteiger partial charge is 0.151 e. The van der Waals surface area contributed by atoms with Gasteiger partial charge in [0.15, 0.2) is 11.6 Å². The molecule has 0 saturated carbocycles. The summed E-state index contributed by atoms with van der Waals surface area (Å²) in [5.74, 6) is -1.37. The van der Waals surface area contributed by atoms with Crippen molar-refractivity contribution in [1.29, 1.82) is 0 Å². The zero-order valence-electron chi connectivity index (χ0n) is 10.8. The van der Waals surface area contributed by atoms with E-state index >= 15 is 0 Å². The van der Waals surface area contributed by atoms with Gasteiger partial charge in [0, 0.05) is 18.3 Å². The van der Waals surface area contributed by atoms with Gasteiger partial charge < -0.3 is 15.7 Å². The molecular weight excluding hydrogens is 238 g/mol. The maximum absolute atomic E-state index is 13.9. The molecular formula is C13H20F2N2O. The van der Waals surface area contributed by atoms with Crippen molar-refractivity contribution >= 4 is 11.4 Å². The van der Waals surface area contributed by atoms with E-state index in [0.717, 1.165) is 25.0 Å². The molecule has 0 atom stereocenters. The lowest BCUT2D eigenvalue weighted by molar-refractivity contribution is 0.294. The third-order valence-electron chi connectivity index (χ3n) is 3.05. The van der Waals surface area contributed by atoms with E-state index in [1.165, 1.54) is 0 Å². The van der Waals surface area contributed by atoms with E-state index in [0.29, 0.717) is 0 Å². The normalized spacial score (nSPS) is 11.0. The SMILES string of the molecule is CCC(CC)N(CCO)c1c(F)cc(N)cc1F. The zero-order valence-corrected chi connectivity index (χ0v) is 10.8. The topological polar surface area (TPSA) is 49.5 Å². The fraction of sp³-hybridized carbons (Fsp3) is 0.538. The molecule has 0 saturated heterocycles. The second-order valence-corrected chi connectivity index (χ2v) is 4.22. The van der Waals surface area contributed by atoms with Crippen LogP contribution in [0.15, 0.2) is 12.1 Å². The van der Waals surface area contributed by atoms with E-state index in [-0.39, 0.29) is 30.6 Å². The molecule has 0 fully saturated rings. The van der Waals surface area contributed by atoms with Gasteiger partial charge in [-0.1, -0.05) is 13.8 Å². The highest BCUT2D eigenvalue weighted by atomic mass is 19.1. The molecule has 0 aliphatic heterocycles. The van der Waals surface area contributed by atoms with E-state index in [9.17, 15) is 8.78 Å². The van der Waals surface area contributed by atoms with Gasteiger partial charge in [-0.2, -0.15) is 0 Å². The molecule has 0 radical (unpaired) electrons. The van der Waals surface area contributed by atoms with Crippen LogP contribution >= 0.6 is 0 Å². The van der Waals surface area contributed by atoms with Crippen LogP contribution in [-0.2, 0) is 0 Å². The number of nitrogens with zero attached hydrogens (tertiary/aromatic N) is 1. The number of benzene rings is 1. The molecule has 0 spiro atoms. The first kappa shape index (κ1) is 14.7. The number of aliphatic hydroxyl groups excluding tert-OH is 1. The van der Waals surface area contributed by atoms with Gasteiger partial charge in [0.25, 0.3) is 0 Å². The van der Waals surface area contributed by atoms with Crippen LogP contribution in [0.3, 0.4) is 0 Å². The Labute approximate surface area is 106 Å². The predicted octanol–water partition coefficient (Wildman–Crippen LogP) is 2.53. The van der Waals surface area contributed by atoms with Gasteiger partial charge in [0.2, 0.25) is 0 Å². The Balaban J connectivity index is 3.20. The van der Waals surface area contributed by atoms with Crippen molar-refractivity contribution < 1.29 is 13.9 Å². The summed E-state index contributed by atoms with van der Waals surface area (Å²) in [6, 6.07) is 2.20. The number of anilines is 2. The van der Waals surface area contributed by atoms with Crippen molar-refractivity contribution in [2.75, 3.05) is 23.8 Å². The van der Waals surface area contributed by atoms with Crippen LogP contribution in [0.2, 0.25) is 0 Å². The summed E-state index contributed by atoms with van der Waals surface area (Å²) in [5.41, 5.74) is 5.35. The number of hydrogen-bond donors (Lipinski definition) is 2. The minimum Gasteiger partial charge on any atom is -0.399 e. The molecule has 0 aliphatic carbocycles. The van der Waals surface area contributed by atoms with Crippen molar-refractivity contribution in [3.05, 3.63) is 23.8 Å². The van der Waals surface area contributed by atoms with Gasteiger partial charge in [-0.05, 0) is 25.0 Å². The molecule has 0 heterocycles. The largest absolute Gasteiger partial charge is 0.399 e. The summed E-state index contributed by atoms with van der Waals surface area (Å²) < 4.78 is 27.7. The summed E-state index contributed by atoms with van der Waals surface area (Å²) in [5, 5.41) is 9.06. The molecule has 0 amide bonds. The Morgan fingerprint density at radius 2 is 1.72 bits per heavy atom. The van der Waals surface area contributed by atoms with Crippen LogP contribution in [0.1, 0.15) is 26.7 Å². The van der Waals surface area contributed by atoms with E-state index in [1.54, 1.807) is 4.90 Å². The van der Waals surface area contributed by atoms with Gasteiger partial charge in [-0.3, -0.25) is 0 Å². The maximum atomic E-state index is 13.9. The molecule has 102 valence electrons. The summed E-state index contributed by atoms with van der Waals surface area (Å²) >= 11 is 0. The first-order valence-corrected chi connectivity index (χ1v) is 6.17. The zero-order chi connectivity index (χ0) is 13.7. The van der Waals surface area contributed by atoms with Crippen LogP contribution < -0.4 is 10.6 Å². The van der Waals surface area contributed by atoms with Crippen molar-refractivity contribution in [3.63, 3.8) is 0 Å². The Morgan fingerprint density at radius 1 is 1.22 bits per heavy atom. The van der Waals surface area contributed by atoms with Crippen molar-refractivity contribution in [2.45, 2.75) is 32.7 Å². The molecule has 0 unspecified atom stereocenters. The van der Waals surface area contributed by atoms with E-state index in [2.05, 4.69) is 0 Å². The number of rotatable bonds is 6. The number of aliphatic hydroxyl groups is 1. The Bertz CT molecular complexity index is 372. The predicted molar refractivity (Wildman–Crippen MR) is 69.6 cm³/mol. The monoisotopic (exact) mass is 258 g/mol. The van der Waals surface area contributed by atoms with Gasteiger partial charge in [-0.25, -0.2) is 8.78 Å². The highest BCUT2D eigenvalue weighted by Gasteiger charge is 2.22. The van der Waals surface area contributed by atoms with Crippen molar-refractivity contribution in [1.82, 2.24) is 0 Å². The van der Waals surface area contributed by atoms with Crippen molar-refractivity contribution in [3.8, 4) is 0 Å². The maximum Gasteiger partial charge on any atom is 0.151 e. The molecule has 0 bridgehead atoms. The molecule has 1 aromatic rings. The Hall–Kier alpha value is -1.36.